The molecule has 1 atom stereocenters. The fourth-order valence-corrected chi connectivity index (χ4v) is 4.17. The zero-order valence-corrected chi connectivity index (χ0v) is 13.0. The largest absolute Gasteiger partial charge is 0.454 e. The molecule has 1 amide bonds. The van der Waals surface area contributed by atoms with E-state index in [9.17, 15) is 4.79 Å². The van der Waals surface area contributed by atoms with Gasteiger partial charge < -0.3 is 18.9 Å². The molecule has 0 saturated carbocycles. The van der Waals surface area contributed by atoms with E-state index in [0.717, 1.165) is 18.0 Å². The van der Waals surface area contributed by atoms with Crippen molar-refractivity contribution in [3.63, 3.8) is 0 Å². The van der Waals surface area contributed by atoms with Crippen LogP contribution in [0.4, 0.5) is 0 Å². The number of nitrogens with zero attached hydrogens (tertiary/aromatic N) is 2. The van der Waals surface area contributed by atoms with Crippen LogP contribution in [-0.4, -0.2) is 34.5 Å². The SMILES string of the molecule is Cn1cccc1C1SCCN1C(=O)c1ccc2c(c1)OCO2. The molecule has 1 saturated heterocycles. The number of hydrogen-bond donors (Lipinski definition) is 0. The molecule has 0 bridgehead atoms. The monoisotopic (exact) mass is 316 g/mol. The molecule has 1 unspecified atom stereocenters. The van der Waals surface area contributed by atoms with Gasteiger partial charge >= 0.3 is 0 Å². The number of hydrogen-bond acceptors (Lipinski definition) is 4. The van der Waals surface area contributed by atoms with Crippen molar-refractivity contribution < 1.29 is 14.3 Å². The number of amides is 1. The molecule has 2 aliphatic rings. The maximum absolute atomic E-state index is 12.9. The quantitative estimate of drug-likeness (QED) is 0.854. The molecular formula is C16H16N2O3S. The summed E-state index contributed by atoms with van der Waals surface area (Å²) in [6, 6.07) is 9.47. The maximum Gasteiger partial charge on any atom is 0.255 e. The van der Waals surface area contributed by atoms with Gasteiger partial charge in [0.15, 0.2) is 11.5 Å². The molecule has 0 N–H and O–H groups in total. The Morgan fingerprint density at radius 1 is 1.27 bits per heavy atom. The highest BCUT2D eigenvalue weighted by Crippen LogP contribution is 2.40. The number of rotatable bonds is 2. The van der Waals surface area contributed by atoms with Gasteiger partial charge in [0.2, 0.25) is 6.79 Å². The molecule has 5 nitrogen and oxygen atoms in total. The lowest BCUT2D eigenvalue weighted by molar-refractivity contribution is 0.0757. The van der Waals surface area contributed by atoms with Crippen molar-refractivity contribution in [2.45, 2.75) is 5.37 Å². The maximum atomic E-state index is 12.9. The second-order valence-corrected chi connectivity index (χ2v) is 6.52. The van der Waals surface area contributed by atoms with Gasteiger partial charge in [0.25, 0.3) is 5.91 Å². The van der Waals surface area contributed by atoms with Crippen LogP contribution in [0, 0.1) is 0 Å². The van der Waals surface area contributed by atoms with Crippen LogP contribution in [-0.2, 0) is 7.05 Å². The van der Waals surface area contributed by atoms with Crippen LogP contribution >= 0.6 is 11.8 Å². The number of fused-ring (bicyclic) bond motifs is 1. The molecule has 2 aromatic rings. The van der Waals surface area contributed by atoms with E-state index >= 15 is 0 Å². The molecule has 3 heterocycles. The first-order valence-corrected chi connectivity index (χ1v) is 8.22. The predicted octanol–water partition coefficient (Wildman–Crippen LogP) is 2.64. The second-order valence-electron chi connectivity index (χ2n) is 5.33. The summed E-state index contributed by atoms with van der Waals surface area (Å²) in [5.74, 6) is 2.33. The van der Waals surface area contributed by atoms with Gasteiger partial charge in [0, 0.05) is 31.1 Å². The van der Waals surface area contributed by atoms with E-state index in [1.165, 1.54) is 0 Å². The third kappa shape index (κ3) is 2.14. The first-order valence-electron chi connectivity index (χ1n) is 7.17. The summed E-state index contributed by atoms with van der Waals surface area (Å²) in [6.45, 7) is 0.978. The molecule has 114 valence electrons. The van der Waals surface area contributed by atoms with E-state index in [1.54, 1.807) is 30.0 Å². The minimum atomic E-state index is 0.0366. The third-order valence-electron chi connectivity index (χ3n) is 4.01. The Labute approximate surface area is 132 Å². The molecule has 6 heteroatoms. The summed E-state index contributed by atoms with van der Waals surface area (Å²) >= 11 is 1.80. The number of aryl methyl sites for hydroxylation is 1. The summed E-state index contributed by atoms with van der Waals surface area (Å²) in [5, 5.41) is 0.0675. The first-order chi connectivity index (χ1) is 10.7. The van der Waals surface area contributed by atoms with Crippen molar-refractivity contribution in [2.24, 2.45) is 7.05 Å². The van der Waals surface area contributed by atoms with Crippen molar-refractivity contribution in [3.8, 4) is 11.5 Å². The van der Waals surface area contributed by atoms with Crippen LogP contribution in [0.1, 0.15) is 21.4 Å². The van der Waals surface area contributed by atoms with Gasteiger partial charge in [-0.1, -0.05) is 0 Å². The minimum absolute atomic E-state index is 0.0366. The number of carbonyl (C=O) groups is 1. The zero-order valence-electron chi connectivity index (χ0n) is 12.2. The molecule has 0 aliphatic carbocycles. The summed E-state index contributed by atoms with van der Waals surface area (Å²) < 4.78 is 12.7. The minimum Gasteiger partial charge on any atom is -0.454 e. The van der Waals surface area contributed by atoms with E-state index in [4.69, 9.17) is 9.47 Å². The highest BCUT2D eigenvalue weighted by molar-refractivity contribution is 7.99. The summed E-state index contributed by atoms with van der Waals surface area (Å²) in [6.07, 6.45) is 2.01. The smallest absolute Gasteiger partial charge is 0.255 e. The normalized spacial score (nSPS) is 19.7. The molecule has 1 aromatic heterocycles. The van der Waals surface area contributed by atoms with Crippen molar-refractivity contribution >= 4 is 17.7 Å². The summed E-state index contributed by atoms with van der Waals surface area (Å²) in [5.41, 5.74) is 1.79. The lowest BCUT2D eigenvalue weighted by Gasteiger charge is -2.24. The Hall–Kier alpha value is -2.08. The molecule has 22 heavy (non-hydrogen) atoms. The fourth-order valence-electron chi connectivity index (χ4n) is 2.85. The molecule has 0 spiro atoms. The first kappa shape index (κ1) is 13.6. The van der Waals surface area contributed by atoms with Crippen LogP contribution in [0.5, 0.6) is 11.5 Å². The number of ether oxygens (including phenoxy) is 2. The molecule has 2 aliphatic heterocycles. The van der Waals surface area contributed by atoms with Gasteiger partial charge in [-0.2, -0.15) is 0 Å². The van der Waals surface area contributed by atoms with Crippen LogP contribution in [0.3, 0.4) is 0 Å². The standard InChI is InChI=1S/C16H16N2O3S/c1-17-6-2-3-12(17)16-18(7-8-22-16)15(19)11-4-5-13-14(9-11)21-10-20-13/h2-6,9,16H,7-8,10H2,1H3. The van der Waals surface area contributed by atoms with Gasteiger partial charge in [-0.25, -0.2) is 0 Å². The van der Waals surface area contributed by atoms with Crippen molar-refractivity contribution in [1.82, 2.24) is 9.47 Å². The molecular weight excluding hydrogens is 300 g/mol. The van der Waals surface area contributed by atoms with E-state index < -0.39 is 0 Å². The van der Waals surface area contributed by atoms with Crippen molar-refractivity contribution in [1.29, 1.82) is 0 Å². The fraction of sp³-hybridized carbons (Fsp3) is 0.312. The van der Waals surface area contributed by atoms with E-state index in [-0.39, 0.29) is 18.1 Å². The highest BCUT2D eigenvalue weighted by Gasteiger charge is 2.33. The Morgan fingerprint density at radius 2 is 2.14 bits per heavy atom. The summed E-state index contributed by atoms with van der Waals surface area (Å²) in [7, 11) is 2.01. The Bertz CT molecular complexity index is 728. The Balaban J connectivity index is 1.63. The van der Waals surface area contributed by atoms with Gasteiger partial charge in [-0.05, 0) is 30.3 Å². The zero-order chi connectivity index (χ0) is 15.1. The average Bonchev–Trinajstić information content (AvgIpc) is 3.25. The third-order valence-corrected chi connectivity index (χ3v) is 5.24. The molecule has 1 fully saturated rings. The summed E-state index contributed by atoms with van der Waals surface area (Å²) in [4.78, 5) is 14.8. The number of benzene rings is 1. The van der Waals surface area contributed by atoms with Crippen molar-refractivity contribution in [3.05, 3.63) is 47.8 Å². The Kier molecular flexibility index (Phi) is 3.26. The molecule has 1 aromatic carbocycles. The number of thioether (sulfide) groups is 1. The van der Waals surface area contributed by atoms with Crippen molar-refractivity contribution in [2.75, 3.05) is 19.1 Å². The molecule has 0 radical (unpaired) electrons. The van der Waals surface area contributed by atoms with Crippen LogP contribution < -0.4 is 9.47 Å². The second kappa shape index (κ2) is 5.28. The van der Waals surface area contributed by atoms with Gasteiger partial charge in [-0.15, -0.1) is 11.8 Å². The predicted molar refractivity (Wildman–Crippen MR) is 84.2 cm³/mol. The number of aromatic nitrogens is 1. The topological polar surface area (TPSA) is 43.7 Å². The lowest BCUT2D eigenvalue weighted by atomic mass is 10.1. The number of carbonyl (C=O) groups excluding carboxylic acids is 1. The van der Waals surface area contributed by atoms with E-state index in [2.05, 4.69) is 10.6 Å². The molecule has 4 rings (SSSR count). The van der Waals surface area contributed by atoms with E-state index in [0.29, 0.717) is 17.1 Å². The lowest BCUT2D eigenvalue weighted by Crippen LogP contribution is -2.31. The van der Waals surface area contributed by atoms with Gasteiger partial charge in [0.1, 0.15) is 5.37 Å². The van der Waals surface area contributed by atoms with Crippen LogP contribution in [0.2, 0.25) is 0 Å². The van der Waals surface area contributed by atoms with Crippen LogP contribution in [0.15, 0.2) is 36.5 Å². The highest BCUT2D eigenvalue weighted by atomic mass is 32.2. The van der Waals surface area contributed by atoms with Gasteiger partial charge in [0.05, 0.1) is 5.69 Å². The van der Waals surface area contributed by atoms with Crippen LogP contribution in [0.25, 0.3) is 0 Å². The van der Waals surface area contributed by atoms with E-state index in [1.807, 2.05) is 24.2 Å². The Morgan fingerprint density at radius 3 is 2.95 bits per heavy atom. The average molecular weight is 316 g/mol. The van der Waals surface area contributed by atoms with Gasteiger partial charge in [-0.3, -0.25) is 4.79 Å².